The SMILES string of the molecule is Cc1cc2c(s1)-c1sc(C(C)C)cc1C(C)(C)O2. The highest BCUT2D eigenvalue weighted by molar-refractivity contribution is 7.22. The average Bonchev–Trinajstić information content (AvgIpc) is 2.80. The molecule has 0 unspecified atom stereocenters. The summed E-state index contributed by atoms with van der Waals surface area (Å²) in [5.74, 6) is 1.65. The summed E-state index contributed by atoms with van der Waals surface area (Å²) >= 11 is 3.78. The van der Waals surface area contributed by atoms with Gasteiger partial charge < -0.3 is 4.74 Å². The Balaban J connectivity index is 2.25. The Kier molecular flexibility index (Phi) is 2.62. The molecule has 3 heteroatoms. The van der Waals surface area contributed by atoms with Crippen LogP contribution in [0.15, 0.2) is 12.1 Å². The van der Waals surface area contributed by atoms with Crippen LogP contribution in [0.25, 0.3) is 9.75 Å². The number of thiophene rings is 2. The maximum Gasteiger partial charge on any atom is 0.140 e. The van der Waals surface area contributed by atoms with Crippen molar-refractivity contribution in [2.24, 2.45) is 0 Å². The lowest BCUT2D eigenvalue weighted by atomic mass is 9.94. The van der Waals surface area contributed by atoms with Gasteiger partial charge in [-0.3, -0.25) is 0 Å². The van der Waals surface area contributed by atoms with Crippen LogP contribution in [0.3, 0.4) is 0 Å². The lowest BCUT2D eigenvalue weighted by Crippen LogP contribution is -2.27. The first-order chi connectivity index (χ1) is 8.38. The molecule has 1 aliphatic heterocycles. The van der Waals surface area contributed by atoms with Gasteiger partial charge in [0.2, 0.25) is 0 Å². The Labute approximate surface area is 116 Å². The van der Waals surface area contributed by atoms with Crippen LogP contribution >= 0.6 is 22.7 Å². The van der Waals surface area contributed by atoms with Crippen LogP contribution in [-0.2, 0) is 5.60 Å². The fourth-order valence-corrected chi connectivity index (χ4v) is 4.76. The Morgan fingerprint density at radius 3 is 2.50 bits per heavy atom. The van der Waals surface area contributed by atoms with Gasteiger partial charge in [0.1, 0.15) is 11.4 Å². The Morgan fingerprint density at radius 1 is 1.11 bits per heavy atom. The second-order valence-electron chi connectivity index (χ2n) is 5.71. The van der Waals surface area contributed by atoms with Crippen molar-refractivity contribution in [3.63, 3.8) is 0 Å². The molecular formula is C15H18OS2. The van der Waals surface area contributed by atoms with E-state index < -0.39 is 0 Å². The highest BCUT2D eigenvalue weighted by atomic mass is 32.1. The predicted molar refractivity (Wildman–Crippen MR) is 80.1 cm³/mol. The van der Waals surface area contributed by atoms with Gasteiger partial charge in [0, 0.05) is 15.3 Å². The zero-order valence-corrected chi connectivity index (χ0v) is 13.1. The second-order valence-corrected chi connectivity index (χ2v) is 8.05. The van der Waals surface area contributed by atoms with E-state index in [0.717, 1.165) is 5.75 Å². The molecule has 2 aromatic rings. The lowest BCUT2D eigenvalue weighted by molar-refractivity contribution is 0.107. The molecule has 0 aromatic carbocycles. The molecule has 1 aliphatic rings. The van der Waals surface area contributed by atoms with Crippen LogP contribution in [0.1, 0.15) is 48.9 Å². The van der Waals surface area contributed by atoms with E-state index in [0.29, 0.717) is 5.92 Å². The lowest BCUT2D eigenvalue weighted by Gasteiger charge is -2.31. The standard InChI is InChI=1S/C15H18OS2/c1-8(2)12-7-10-13(18-12)14-11(6-9(3)17-14)16-15(10,4)5/h6-8H,1-5H3. The van der Waals surface area contributed by atoms with Gasteiger partial charge in [-0.25, -0.2) is 0 Å². The summed E-state index contributed by atoms with van der Waals surface area (Å²) in [6.07, 6.45) is 0. The minimum atomic E-state index is -0.209. The van der Waals surface area contributed by atoms with Gasteiger partial charge in [0.15, 0.2) is 0 Å². The van der Waals surface area contributed by atoms with Gasteiger partial charge >= 0.3 is 0 Å². The summed E-state index contributed by atoms with van der Waals surface area (Å²) in [4.78, 5) is 5.51. The molecule has 0 bridgehead atoms. The molecule has 0 radical (unpaired) electrons. The molecule has 0 fully saturated rings. The van der Waals surface area contributed by atoms with E-state index >= 15 is 0 Å². The largest absolute Gasteiger partial charge is 0.482 e. The molecule has 2 aromatic heterocycles. The summed E-state index contributed by atoms with van der Waals surface area (Å²) in [6.45, 7) is 11.0. The Morgan fingerprint density at radius 2 is 1.83 bits per heavy atom. The number of hydrogen-bond donors (Lipinski definition) is 0. The van der Waals surface area contributed by atoms with Crippen molar-refractivity contribution in [2.75, 3.05) is 0 Å². The van der Waals surface area contributed by atoms with Crippen molar-refractivity contribution in [3.05, 3.63) is 27.5 Å². The minimum Gasteiger partial charge on any atom is -0.482 e. The third-order valence-corrected chi connectivity index (χ3v) is 5.99. The molecule has 0 aliphatic carbocycles. The van der Waals surface area contributed by atoms with Crippen molar-refractivity contribution < 1.29 is 4.74 Å². The van der Waals surface area contributed by atoms with Crippen LogP contribution in [0.4, 0.5) is 0 Å². The van der Waals surface area contributed by atoms with Gasteiger partial charge in [-0.15, -0.1) is 22.7 Å². The Hall–Kier alpha value is -0.800. The van der Waals surface area contributed by atoms with Gasteiger partial charge in [0.25, 0.3) is 0 Å². The Bertz CT molecular complexity index is 602. The second kappa shape index (κ2) is 3.84. The van der Waals surface area contributed by atoms with Crippen molar-refractivity contribution >= 4 is 22.7 Å². The number of hydrogen-bond acceptors (Lipinski definition) is 3. The van der Waals surface area contributed by atoms with Crippen LogP contribution in [0, 0.1) is 6.92 Å². The van der Waals surface area contributed by atoms with Crippen LogP contribution < -0.4 is 4.74 Å². The molecule has 0 saturated carbocycles. The molecule has 0 atom stereocenters. The average molecular weight is 278 g/mol. The molecule has 96 valence electrons. The molecule has 0 amide bonds. The first kappa shape index (κ1) is 12.2. The van der Waals surface area contributed by atoms with E-state index in [1.807, 2.05) is 22.7 Å². The van der Waals surface area contributed by atoms with Crippen LogP contribution in [-0.4, -0.2) is 0 Å². The molecule has 0 N–H and O–H groups in total. The number of fused-ring (bicyclic) bond motifs is 3. The smallest absolute Gasteiger partial charge is 0.140 e. The monoisotopic (exact) mass is 278 g/mol. The molecule has 3 heterocycles. The van der Waals surface area contributed by atoms with Gasteiger partial charge in [-0.1, -0.05) is 13.8 Å². The van der Waals surface area contributed by atoms with E-state index in [1.54, 1.807) is 0 Å². The summed E-state index contributed by atoms with van der Waals surface area (Å²) in [6, 6.07) is 4.50. The number of ether oxygens (including phenoxy) is 1. The van der Waals surface area contributed by atoms with Crippen LogP contribution in [0.2, 0.25) is 0 Å². The topological polar surface area (TPSA) is 9.23 Å². The summed E-state index contributed by atoms with van der Waals surface area (Å²) in [5, 5.41) is 0. The highest BCUT2D eigenvalue weighted by Gasteiger charge is 2.36. The normalized spacial score (nSPS) is 16.3. The first-order valence-electron chi connectivity index (χ1n) is 6.32. The molecule has 18 heavy (non-hydrogen) atoms. The number of aryl methyl sites for hydroxylation is 1. The van der Waals surface area contributed by atoms with Crippen molar-refractivity contribution in [1.82, 2.24) is 0 Å². The summed E-state index contributed by atoms with van der Waals surface area (Å²) < 4.78 is 6.18. The third-order valence-electron chi connectivity index (χ3n) is 3.36. The molecule has 1 nitrogen and oxygen atoms in total. The maximum absolute atomic E-state index is 6.18. The van der Waals surface area contributed by atoms with Crippen LogP contribution in [0.5, 0.6) is 5.75 Å². The first-order valence-corrected chi connectivity index (χ1v) is 7.96. The van der Waals surface area contributed by atoms with Crippen molar-refractivity contribution in [3.8, 4) is 15.5 Å². The molecule has 3 rings (SSSR count). The van der Waals surface area contributed by atoms with Gasteiger partial charge in [-0.2, -0.15) is 0 Å². The summed E-state index contributed by atoms with van der Waals surface area (Å²) in [7, 11) is 0. The predicted octanol–water partition coefficient (Wildman–Crippen LogP) is 5.54. The zero-order valence-electron chi connectivity index (χ0n) is 11.5. The van der Waals surface area contributed by atoms with E-state index in [2.05, 4.69) is 46.8 Å². The van der Waals surface area contributed by atoms with E-state index in [9.17, 15) is 0 Å². The van der Waals surface area contributed by atoms with E-state index in [1.165, 1.54) is 25.1 Å². The molecule has 0 saturated heterocycles. The van der Waals surface area contributed by atoms with Gasteiger partial charge in [-0.05, 0) is 38.8 Å². The zero-order chi connectivity index (χ0) is 13.1. The highest BCUT2D eigenvalue weighted by Crippen LogP contribution is 2.53. The van der Waals surface area contributed by atoms with E-state index in [4.69, 9.17) is 4.74 Å². The molecule has 0 spiro atoms. The molecular weight excluding hydrogens is 260 g/mol. The summed E-state index contributed by atoms with van der Waals surface area (Å²) in [5.41, 5.74) is 1.14. The third kappa shape index (κ3) is 1.72. The van der Waals surface area contributed by atoms with E-state index in [-0.39, 0.29) is 5.60 Å². The van der Waals surface area contributed by atoms with Gasteiger partial charge in [0.05, 0.1) is 9.75 Å². The fourth-order valence-electron chi connectivity index (χ4n) is 2.37. The quantitative estimate of drug-likeness (QED) is 0.666. The fraction of sp³-hybridized carbons (Fsp3) is 0.467. The minimum absolute atomic E-state index is 0.209. The van der Waals surface area contributed by atoms with Crippen molar-refractivity contribution in [1.29, 1.82) is 0 Å². The maximum atomic E-state index is 6.18. The number of rotatable bonds is 1. The van der Waals surface area contributed by atoms with Crippen molar-refractivity contribution in [2.45, 2.75) is 46.1 Å².